The Morgan fingerprint density at radius 2 is 1.58 bits per heavy atom. The normalized spacial score (nSPS) is 16.0. The van der Waals surface area contributed by atoms with Crippen LogP contribution in [0.15, 0.2) is 54.6 Å². The molecule has 0 aliphatic carbocycles. The zero-order chi connectivity index (χ0) is 18.7. The van der Waals surface area contributed by atoms with Crippen LogP contribution in [0.3, 0.4) is 0 Å². The topological polar surface area (TPSA) is 75.3 Å². The standard InChI is InChI=1S/C19H15ClN2O3S/c20-13-8-6-12(7-9-13)15(23)10-14(11-4-2-1-3-5-11)16-17(24)21-19(26)22-18(16)25/h1-9,14,16H,10H2,(H2,21,22,24,25,26). The van der Waals surface area contributed by atoms with Crippen molar-refractivity contribution in [3.63, 3.8) is 0 Å². The van der Waals surface area contributed by atoms with Crippen LogP contribution < -0.4 is 10.6 Å². The molecule has 0 spiro atoms. The number of ketones is 1. The Morgan fingerprint density at radius 3 is 2.15 bits per heavy atom. The Bertz CT molecular complexity index is 848. The third-order valence-corrected chi connectivity index (χ3v) is 4.70. The Morgan fingerprint density at radius 1 is 1.00 bits per heavy atom. The van der Waals surface area contributed by atoms with E-state index in [0.717, 1.165) is 5.56 Å². The molecule has 1 aliphatic heterocycles. The molecule has 3 rings (SSSR count). The molecule has 2 N–H and O–H groups in total. The van der Waals surface area contributed by atoms with E-state index in [0.29, 0.717) is 10.6 Å². The lowest BCUT2D eigenvalue weighted by Crippen LogP contribution is -2.57. The molecule has 1 unspecified atom stereocenters. The Labute approximate surface area is 160 Å². The van der Waals surface area contributed by atoms with Gasteiger partial charge in [-0.15, -0.1) is 0 Å². The molecule has 26 heavy (non-hydrogen) atoms. The molecule has 0 radical (unpaired) electrons. The van der Waals surface area contributed by atoms with E-state index in [1.54, 1.807) is 48.5 Å². The van der Waals surface area contributed by atoms with Crippen molar-refractivity contribution in [2.45, 2.75) is 12.3 Å². The largest absolute Gasteiger partial charge is 0.302 e. The fraction of sp³-hybridized carbons (Fsp3) is 0.158. The second-order valence-corrected chi connectivity index (χ2v) is 6.78. The predicted octanol–water partition coefficient (Wildman–Crippen LogP) is 2.84. The molecule has 2 amide bonds. The minimum atomic E-state index is -1.04. The first kappa shape index (κ1) is 18.2. The molecular formula is C19H15ClN2O3S. The van der Waals surface area contributed by atoms with Crippen molar-refractivity contribution >= 4 is 46.5 Å². The number of hydrogen-bond donors (Lipinski definition) is 2. The van der Waals surface area contributed by atoms with Gasteiger partial charge in [-0.25, -0.2) is 0 Å². The SMILES string of the molecule is O=C(CC(c1ccccc1)C1C(=O)NC(=S)NC1=O)c1ccc(Cl)cc1. The Balaban J connectivity index is 1.92. The highest BCUT2D eigenvalue weighted by molar-refractivity contribution is 7.80. The molecule has 0 aromatic heterocycles. The van der Waals surface area contributed by atoms with Crippen molar-refractivity contribution in [3.05, 3.63) is 70.7 Å². The van der Waals surface area contributed by atoms with E-state index in [9.17, 15) is 14.4 Å². The van der Waals surface area contributed by atoms with Crippen LogP contribution in [0.5, 0.6) is 0 Å². The average Bonchev–Trinajstić information content (AvgIpc) is 2.61. The Kier molecular flexibility index (Phi) is 5.44. The summed E-state index contributed by atoms with van der Waals surface area (Å²) in [5.41, 5.74) is 1.21. The molecule has 2 aromatic carbocycles. The maximum absolute atomic E-state index is 12.7. The summed E-state index contributed by atoms with van der Waals surface area (Å²) < 4.78 is 0. The highest BCUT2D eigenvalue weighted by atomic mass is 35.5. The van der Waals surface area contributed by atoms with Crippen molar-refractivity contribution in [1.29, 1.82) is 0 Å². The monoisotopic (exact) mass is 386 g/mol. The third-order valence-electron chi connectivity index (χ3n) is 4.24. The van der Waals surface area contributed by atoms with Crippen LogP contribution in [0.1, 0.15) is 28.3 Å². The molecule has 1 aliphatic rings. The van der Waals surface area contributed by atoms with Crippen molar-refractivity contribution in [2.24, 2.45) is 5.92 Å². The van der Waals surface area contributed by atoms with Crippen LogP contribution in [-0.2, 0) is 9.59 Å². The second kappa shape index (κ2) is 7.76. The number of rotatable bonds is 5. The second-order valence-electron chi connectivity index (χ2n) is 5.94. The van der Waals surface area contributed by atoms with E-state index < -0.39 is 23.7 Å². The fourth-order valence-corrected chi connectivity index (χ4v) is 3.30. The molecule has 2 aromatic rings. The number of benzene rings is 2. The van der Waals surface area contributed by atoms with Gasteiger partial charge in [-0.05, 0) is 42.0 Å². The number of carbonyl (C=O) groups excluding carboxylic acids is 3. The molecule has 0 bridgehead atoms. The summed E-state index contributed by atoms with van der Waals surface area (Å²) in [4.78, 5) is 37.5. The van der Waals surface area contributed by atoms with Gasteiger partial charge in [0.05, 0.1) is 0 Å². The minimum absolute atomic E-state index is 0.00388. The lowest BCUT2D eigenvalue weighted by molar-refractivity contribution is -0.136. The summed E-state index contributed by atoms with van der Waals surface area (Å²) in [5.74, 6) is -2.83. The van der Waals surface area contributed by atoms with E-state index in [-0.39, 0.29) is 17.3 Å². The summed E-state index contributed by atoms with van der Waals surface area (Å²) in [7, 11) is 0. The van der Waals surface area contributed by atoms with Gasteiger partial charge >= 0.3 is 0 Å². The van der Waals surface area contributed by atoms with E-state index in [1.807, 2.05) is 6.07 Å². The predicted molar refractivity (Wildman–Crippen MR) is 102 cm³/mol. The smallest absolute Gasteiger partial charge is 0.239 e. The zero-order valence-corrected chi connectivity index (χ0v) is 15.1. The highest BCUT2D eigenvalue weighted by Crippen LogP contribution is 2.31. The van der Waals surface area contributed by atoms with E-state index in [4.69, 9.17) is 23.8 Å². The van der Waals surface area contributed by atoms with Gasteiger partial charge in [-0.2, -0.15) is 0 Å². The summed E-state index contributed by atoms with van der Waals surface area (Å²) in [6.07, 6.45) is 0.00388. The maximum atomic E-state index is 12.7. The van der Waals surface area contributed by atoms with Crippen molar-refractivity contribution in [3.8, 4) is 0 Å². The van der Waals surface area contributed by atoms with E-state index in [1.165, 1.54) is 0 Å². The third kappa shape index (κ3) is 3.98. The van der Waals surface area contributed by atoms with Crippen LogP contribution in [-0.4, -0.2) is 22.7 Å². The fourth-order valence-electron chi connectivity index (χ4n) is 2.98. The van der Waals surface area contributed by atoms with E-state index in [2.05, 4.69) is 10.6 Å². The number of hydrogen-bond acceptors (Lipinski definition) is 4. The maximum Gasteiger partial charge on any atom is 0.239 e. The molecule has 1 heterocycles. The van der Waals surface area contributed by atoms with Gasteiger partial charge < -0.3 is 10.6 Å². The van der Waals surface area contributed by atoms with Gasteiger partial charge in [0.15, 0.2) is 10.9 Å². The van der Waals surface area contributed by atoms with Gasteiger partial charge in [0, 0.05) is 22.9 Å². The molecule has 132 valence electrons. The van der Waals surface area contributed by atoms with E-state index >= 15 is 0 Å². The number of nitrogens with one attached hydrogen (secondary N) is 2. The lowest BCUT2D eigenvalue weighted by Gasteiger charge is -2.29. The summed E-state index contributed by atoms with van der Waals surface area (Å²) in [6, 6.07) is 15.6. The average molecular weight is 387 g/mol. The van der Waals surface area contributed by atoms with Crippen LogP contribution in [0.4, 0.5) is 0 Å². The Hall–Kier alpha value is -2.57. The first-order valence-electron chi connectivity index (χ1n) is 7.95. The summed E-state index contributed by atoms with van der Waals surface area (Å²) in [6.45, 7) is 0. The molecule has 1 saturated heterocycles. The number of carbonyl (C=O) groups is 3. The van der Waals surface area contributed by atoms with Crippen LogP contribution in [0.25, 0.3) is 0 Å². The van der Waals surface area contributed by atoms with Gasteiger partial charge in [0.1, 0.15) is 5.92 Å². The van der Waals surface area contributed by atoms with Gasteiger partial charge in [-0.1, -0.05) is 41.9 Å². The molecule has 1 atom stereocenters. The van der Waals surface area contributed by atoms with Gasteiger partial charge in [0.25, 0.3) is 0 Å². The van der Waals surface area contributed by atoms with Crippen molar-refractivity contribution < 1.29 is 14.4 Å². The molecule has 7 heteroatoms. The summed E-state index contributed by atoms with van der Waals surface area (Å²) >= 11 is 10.7. The lowest BCUT2D eigenvalue weighted by atomic mass is 9.80. The van der Waals surface area contributed by atoms with Gasteiger partial charge in [-0.3, -0.25) is 14.4 Å². The molecule has 0 saturated carbocycles. The number of Topliss-reactive ketones (excluding diaryl/α,β-unsaturated/α-hetero) is 1. The molecular weight excluding hydrogens is 372 g/mol. The summed E-state index contributed by atoms with van der Waals surface area (Å²) in [5, 5.41) is 5.43. The number of thiocarbonyl (C=S) groups is 1. The van der Waals surface area contributed by atoms with Gasteiger partial charge in [0.2, 0.25) is 11.8 Å². The number of halogens is 1. The van der Waals surface area contributed by atoms with Crippen molar-refractivity contribution in [2.75, 3.05) is 0 Å². The van der Waals surface area contributed by atoms with Crippen molar-refractivity contribution in [1.82, 2.24) is 10.6 Å². The first-order chi connectivity index (χ1) is 12.5. The highest BCUT2D eigenvalue weighted by Gasteiger charge is 2.40. The van der Waals surface area contributed by atoms with Crippen LogP contribution >= 0.6 is 23.8 Å². The van der Waals surface area contributed by atoms with Crippen LogP contribution in [0, 0.1) is 5.92 Å². The molecule has 5 nitrogen and oxygen atoms in total. The minimum Gasteiger partial charge on any atom is -0.302 e. The first-order valence-corrected chi connectivity index (χ1v) is 8.73. The quantitative estimate of drug-likeness (QED) is 0.470. The number of amides is 2. The zero-order valence-electron chi connectivity index (χ0n) is 13.6. The molecule has 1 fully saturated rings. The van der Waals surface area contributed by atoms with Crippen LogP contribution in [0.2, 0.25) is 5.02 Å².